The first-order valence-electron chi connectivity index (χ1n) is 8.27. The first kappa shape index (κ1) is 17.2. The fraction of sp³-hybridized carbons (Fsp3) is 0.625. The number of urea groups is 1. The summed E-state index contributed by atoms with van der Waals surface area (Å²) in [4.78, 5) is 27.6. The van der Waals surface area contributed by atoms with Gasteiger partial charge in [0.1, 0.15) is 5.00 Å². The fourth-order valence-corrected chi connectivity index (χ4v) is 4.38. The molecule has 0 unspecified atom stereocenters. The van der Waals surface area contributed by atoms with Crippen LogP contribution in [0.15, 0.2) is 0 Å². The van der Waals surface area contributed by atoms with E-state index in [2.05, 4.69) is 15.5 Å². The van der Waals surface area contributed by atoms with Crippen LogP contribution < -0.4 is 10.6 Å². The lowest BCUT2D eigenvalue weighted by Gasteiger charge is -2.26. The van der Waals surface area contributed by atoms with Gasteiger partial charge < -0.3 is 14.8 Å². The molecule has 1 aromatic heterocycles. The number of morpholine rings is 1. The smallest absolute Gasteiger partial charge is 0.341 e. The number of nitrogens with zero attached hydrogens (tertiary/aromatic N) is 1. The summed E-state index contributed by atoms with van der Waals surface area (Å²) in [5.41, 5.74) is 1.56. The lowest BCUT2D eigenvalue weighted by molar-refractivity contribution is 0.0388. The average Bonchev–Trinajstić information content (AvgIpc) is 3.15. The van der Waals surface area contributed by atoms with Gasteiger partial charge in [-0.2, -0.15) is 0 Å². The van der Waals surface area contributed by atoms with E-state index in [1.54, 1.807) is 0 Å². The number of hydrogen-bond acceptors (Lipinski definition) is 6. The normalized spacial score (nSPS) is 17.4. The molecule has 2 heterocycles. The van der Waals surface area contributed by atoms with E-state index < -0.39 is 0 Å². The maximum atomic E-state index is 12.1. The summed E-state index contributed by atoms with van der Waals surface area (Å²) in [7, 11) is 1.37. The van der Waals surface area contributed by atoms with E-state index in [4.69, 9.17) is 9.47 Å². The lowest BCUT2D eigenvalue weighted by Crippen LogP contribution is -2.42. The minimum atomic E-state index is -0.377. The van der Waals surface area contributed by atoms with Crippen LogP contribution in [0.2, 0.25) is 0 Å². The number of amides is 2. The van der Waals surface area contributed by atoms with Crippen LogP contribution in [0.3, 0.4) is 0 Å². The van der Waals surface area contributed by atoms with Crippen molar-refractivity contribution in [3.05, 3.63) is 16.0 Å². The van der Waals surface area contributed by atoms with Gasteiger partial charge >= 0.3 is 12.0 Å². The summed E-state index contributed by atoms with van der Waals surface area (Å²) in [6, 6.07) is -0.284. The van der Waals surface area contributed by atoms with Crippen molar-refractivity contribution >= 4 is 28.3 Å². The molecule has 0 saturated carbocycles. The molecule has 3 rings (SSSR count). The highest BCUT2D eigenvalue weighted by molar-refractivity contribution is 7.17. The molecule has 132 valence electrons. The van der Waals surface area contributed by atoms with E-state index in [1.165, 1.54) is 23.3 Å². The van der Waals surface area contributed by atoms with Crippen molar-refractivity contribution in [1.82, 2.24) is 10.2 Å². The number of anilines is 1. The zero-order valence-corrected chi connectivity index (χ0v) is 14.7. The number of thiophene rings is 1. The summed E-state index contributed by atoms with van der Waals surface area (Å²) < 4.78 is 10.2. The molecule has 2 amide bonds. The highest BCUT2D eigenvalue weighted by Crippen LogP contribution is 2.39. The second-order valence-electron chi connectivity index (χ2n) is 5.89. The number of fused-ring (bicyclic) bond motifs is 1. The molecule has 2 N–H and O–H groups in total. The predicted octanol–water partition coefficient (Wildman–Crippen LogP) is 1.48. The van der Waals surface area contributed by atoms with Gasteiger partial charge in [0, 0.05) is 31.1 Å². The van der Waals surface area contributed by atoms with E-state index in [9.17, 15) is 9.59 Å². The van der Waals surface area contributed by atoms with Crippen molar-refractivity contribution in [3.63, 3.8) is 0 Å². The van der Waals surface area contributed by atoms with Gasteiger partial charge in [0.2, 0.25) is 0 Å². The van der Waals surface area contributed by atoms with Gasteiger partial charge in [-0.25, -0.2) is 9.59 Å². The number of carbonyl (C=O) groups excluding carboxylic acids is 2. The van der Waals surface area contributed by atoms with Gasteiger partial charge in [0.25, 0.3) is 0 Å². The second-order valence-corrected chi connectivity index (χ2v) is 6.99. The van der Waals surface area contributed by atoms with Crippen LogP contribution in [0.4, 0.5) is 9.80 Å². The van der Waals surface area contributed by atoms with Gasteiger partial charge in [-0.05, 0) is 24.8 Å². The molecule has 0 bridgehead atoms. The summed E-state index contributed by atoms with van der Waals surface area (Å²) >= 11 is 1.48. The third-order valence-corrected chi connectivity index (χ3v) is 5.56. The van der Waals surface area contributed by atoms with Gasteiger partial charge in [0.15, 0.2) is 0 Å². The quantitative estimate of drug-likeness (QED) is 0.784. The number of hydrogen-bond donors (Lipinski definition) is 2. The maximum Gasteiger partial charge on any atom is 0.341 e. The number of nitrogens with one attached hydrogen (secondary N) is 2. The fourth-order valence-electron chi connectivity index (χ4n) is 3.11. The zero-order chi connectivity index (χ0) is 16.9. The van der Waals surface area contributed by atoms with Crippen LogP contribution in [0.5, 0.6) is 0 Å². The van der Waals surface area contributed by atoms with Crippen molar-refractivity contribution in [3.8, 4) is 0 Å². The molecule has 24 heavy (non-hydrogen) atoms. The minimum absolute atomic E-state index is 0.284. The van der Waals surface area contributed by atoms with Crippen LogP contribution >= 0.6 is 11.3 Å². The Bertz CT molecular complexity index is 611. The Morgan fingerprint density at radius 1 is 1.29 bits per heavy atom. The van der Waals surface area contributed by atoms with Gasteiger partial charge in [0.05, 0.1) is 25.9 Å². The van der Waals surface area contributed by atoms with Crippen molar-refractivity contribution in [2.75, 3.05) is 51.8 Å². The molecular weight excluding hydrogens is 330 g/mol. The summed E-state index contributed by atoms with van der Waals surface area (Å²) in [5, 5.41) is 6.26. The number of aryl methyl sites for hydroxylation is 1. The molecule has 2 aliphatic rings. The van der Waals surface area contributed by atoms with E-state index in [0.29, 0.717) is 17.1 Å². The number of esters is 1. The molecule has 7 nitrogen and oxygen atoms in total. The van der Waals surface area contributed by atoms with E-state index in [-0.39, 0.29) is 12.0 Å². The van der Waals surface area contributed by atoms with Crippen LogP contribution in [0.1, 0.15) is 27.2 Å². The Balaban J connectivity index is 1.55. The van der Waals surface area contributed by atoms with Crippen LogP contribution in [0.25, 0.3) is 0 Å². The first-order chi connectivity index (χ1) is 11.7. The van der Waals surface area contributed by atoms with Crippen molar-refractivity contribution in [2.45, 2.75) is 19.3 Å². The number of carbonyl (C=O) groups is 2. The Morgan fingerprint density at radius 2 is 2.08 bits per heavy atom. The van der Waals surface area contributed by atoms with Crippen LogP contribution in [-0.4, -0.2) is 63.4 Å². The van der Waals surface area contributed by atoms with Crippen molar-refractivity contribution in [2.24, 2.45) is 0 Å². The van der Waals surface area contributed by atoms with Gasteiger partial charge in [-0.3, -0.25) is 10.2 Å². The predicted molar refractivity (Wildman–Crippen MR) is 92.0 cm³/mol. The maximum absolute atomic E-state index is 12.1. The highest BCUT2D eigenvalue weighted by atomic mass is 32.1. The first-order valence-corrected chi connectivity index (χ1v) is 9.08. The third kappa shape index (κ3) is 3.88. The highest BCUT2D eigenvalue weighted by Gasteiger charge is 2.27. The Kier molecular flexibility index (Phi) is 5.70. The minimum Gasteiger partial charge on any atom is -0.465 e. The molecular formula is C16H23N3O4S. The van der Waals surface area contributed by atoms with Crippen LogP contribution in [0, 0.1) is 0 Å². The standard InChI is InChI=1S/C16H23N3O4S/c1-22-15(20)13-11-3-2-4-12(11)24-14(13)18-16(21)17-5-6-19-7-9-23-10-8-19/h2-10H2,1H3,(H2,17,18,21). The SMILES string of the molecule is COC(=O)c1c(NC(=O)NCCN2CCOCC2)sc2c1CCC2. The molecule has 1 aromatic rings. The molecule has 1 fully saturated rings. The monoisotopic (exact) mass is 353 g/mol. The topological polar surface area (TPSA) is 79.9 Å². The van der Waals surface area contributed by atoms with E-state index in [1.807, 2.05) is 0 Å². The molecule has 1 saturated heterocycles. The number of methoxy groups -OCH3 is 1. The summed E-state index contributed by atoms with van der Waals surface area (Å²) in [5.74, 6) is -0.377. The Hall–Kier alpha value is -1.64. The molecule has 0 atom stereocenters. The van der Waals surface area contributed by atoms with Crippen molar-refractivity contribution in [1.29, 1.82) is 0 Å². The summed E-state index contributed by atoms with van der Waals surface area (Å²) in [6.07, 6.45) is 2.89. The summed E-state index contributed by atoms with van der Waals surface area (Å²) in [6.45, 7) is 4.64. The molecule has 0 aromatic carbocycles. The number of ether oxygens (including phenoxy) is 2. The second kappa shape index (κ2) is 7.96. The Morgan fingerprint density at radius 3 is 2.83 bits per heavy atom. The largest absolute Gasteiger partial charge is 0.465 e. The third-order valence-electron chi connectivity index (χ3n) is 4.36. The molecule has 0 spiro atoms. The molecule has 8 heteroatoms. The molecule has 1 aliphatic carbocycles. The number of rotatable bonds is 5. The zero-order valence-electron chi connectivity index (χ0n) is 13.9. The average molecular weight is 353 g/mol. The van der Waals surface area contributed by atoms with Gasteiger partial charge in [-0.1, -0.05) is 0 Å². The Labute approximate surface area is 145 Å². The van der Waals surface area contributed by atoms with Gasteiger partial charge in [-0.15, -0.1) is 11.3 Å². The van der Waals surface area contributed by atoms with E-state index in [0.717, 1.165) is 57.7 Å². The molecule has 1 aliphatic heterocycles. The lowest BCUT2D eigenvalue weighted by atomic mass is 10.1. The van der Waals surface area contributed by atoms with Crippen LogP contribution in [-0.2, 0) is 22.3 Å². The van der Waals surface area contributed by atoms with Crippen molar-refractivity contribution < 1.29 is 19.1 Å². The van der Waals surface area contributed by atoms with E-state index >= 15 is 0 Å². The molecule has 0 radical (unpaired) electrons.